The van der Waals surface area contributed by atoms with Gasteiger partial charge in [-0.1, -0.05) is 0 Å². The number of carbonyl (C=O) groups excluding carboxylic acids is 6. The van der Waals surface area contributed by atoms with Crippen molar-refractivity contribution < 1.29 is 161 Å². The first-order chi connectivity index (χ1) is 22.6. The van der Waals surface area contributed by atoms with Crippen LogP contribution in [-0.4, -0.2) is 89.4 Å². The van der Waals surface area contributed by atoms with Gasteiger partial charge in [-0.15, -0.1) is 0 Å². The Bertz CT molecular complexity index is 646. The molecule has 0 fully saturated rings. The van der Waals surface area contributed by atoms with E-state index < -0.39 is 30.7 Å². The fourth-order valence-corrected chi connectivity index (χ4v) is 1.22. The summed E-state index contributed by atoms with van der Waals surface area (Å²) in [7, 11) is -14.1. The van der Waals surface area contributed by atoms with E-state index in [0.717, 1.165) is 0 Å². The summed E-state index contributed by atoms with van der Waals surface area (Å²) < 4.78 is 125. The number of hydrogen-bond donors (Lipinski definition) is 3. The summed E-state index contributed by atoms with van der Waals surface area (Å²) in [6, 6.07) is 0. The minimum atomic E-state index is -4.69. The van der Waals surface area contributed by atoms with Crippen LogP contribution in [0.5, 0.6) is 0 Å². The molecule has 0 atom stereocenters. The van der Waals surface area contributed by atoms with Crippen LogP contribution in [0.4, 0.5) is 0 Å². The van der Waals surface area contributed by atoms with E-state index in [0.29, 0.717) is 39.6 Å². The maximum absolute atomic E-state index is 9.82. The number of rotatable bonds is 6. The zero-order valence-electron chi connectivity index (χ0n) is 30.6. The van der Waals surface area contributed by atoms with Crippen molar-refractivity contribution in [3.63, 3.8) is 0 Å². The van der Waals surface area contributed by atoms with Crippen molar-refractivity contribution in [2.45, 2.75) is 83.1 Å². The van der Waals surface area contributed by atoms with Crippen LogP contribution >= 0.6 is 0 Å². The van der Waals surface area contributed by atoms with Crippen LogP contribution in [0.15, 0.2) is 0 Å². The second-order valence-electron chi connectivity index (χ2n) is 6.74. The maximum Gasteiger partial charge on any atom is 0.302 e. The average molecular weight is 886 g/mol. The maximum atomic E-state index is 9.82. The van der Waals surface area contributed by atoms with E-state index in [1.165, 1.54) is 41.5 Å². The quantitative estimate of drug-likeness (QED) is 0.127. The van der Waals surface area contributed by atoms with Crippen molar-refractivity contribution in [3.05, 3.63) is 0 Å². The first kappa shape index (κ1) is 74.8. The molecule has 0 heterocycles. The topological polar surface area (TPSA) is 426 Å². The van der Waals surface area contributed by atoms with E-state index in [1.807, 2.05) is 0 Å². The normalized spacial score (nSPS) is 8.77. The van der Waals surface area contributed by atoms with Crippen LogP contribution in [0.2, 0.25) is 0 Å². The molecule has 0 amide bonds. The van der Waals surface area contributed by atoms with Crippen molar-refractivity contribution in [2.24, 2.45) is 0 Å². The molecule has 0 aromatic rings. The SMILES string of the molecule is CCOC(C)=O.CCOC(C)=O.CCOC(C)=O.CCOC(C)=O.CCOC(C)=O.CCOC(C)=O.[Fe].[O-][Cl+3]([O-])([O-])O.[O-][Cl+3]([O-])([O-])O.[O-][Cl+3]([O-])([O-])O. The third-order valence-electron chi connectivity index (χ3n) is 2.09. The van der Waals surface area contributed by atoms with Gasteiger partial charge in [-0.2, -0.15) is 41.9 Å². The number of hydrogen-bond acceptors (Lipinski definition) is 24. The summed E-state index contributed by atoms with van der Waals surface area (Å²) in [4.78, 5) is 58.9. The molecule has 0 rings (SSSR count). The summed E-state index contributed by atoms with van der Waals surface area (Å²) in [6.45, 7) is 21.9. The molecule has 0 aromatic heterocycles. The zero-order valence-corrected chi connectivity index (χ0v) is 34.0. The molecule has 0 aliphatic rings. The molecule has 0 unspecified atom stereocenters. The number of carbonyl (C=O) groups is 6. The van der Waals surface area contributed by atoms with E-state index in [9.17, 15) is 28.8 Å². The zero-order chi connectivity index (χ0) is 43.4. The monoisotopic (exact) mass is 884 g/mol. The summed E-state index contributed by atoms with van der Waals surface area (Å²) in [5.74, 6) is -1.26. The Hall–Kier alpha value is -2.27. The van der Waals surface area contributed by atoms with Gasteiger partial charge in [-0.3, -0.25) is 28.8 Å². The summed E-state index contributed by atoms with van der Waals surface area (Å²) >= 11 is 0. The van der Waals surface area contributed by atoms with Gasteiger partial charge >= 0.3 is 35.8 Å². The second-order valence-corrected chi connectivity index (χ2v) is 9.11. The van der Waals surface area contributed by atoms with Gasteiger partial charge in [-0.25, -0.2) is 0 Å². The molecule has 52 heavy (non-hydrogen) atoms. The van der Waals surface area contributed by atoms with E-state index in [2.05, 4.69) is 28.4 Å². The first-order valence-electron chi connectivity index (χ1n) is 13.3. The van der Waals surface area contributed by atoms with E-state index in [4.69, 9.17) is 55.9 Å². The summed E-state index contributed by atoms with van der Waals surface area (Å²) in [5, 5.41) is 0. The second kappa shape index (κ2) is 53.1. The van der Waals surface area contributed by atoms with E-state index >= 15 is 0 Å². The van der Waals surface area contributed by atoms with Crippen LogP contribution in [0, 0.1) is 30.7 Å². The third kappa shape index (κ3) is 421. The van der Waals surface area contributed by atoms with Crippen molar-refractivity contribution in [2.75, 3.05) is 39.6 Å². The minimum absolute atomic E-state index is 0. The van der Waals surface area contributed by atoms with Crippen LogP contribution in [0.25, 0.3) is 0 Å². The number of halogens is 3. The molecule has 0 radical (unpaired) electrons. The molecule has 3 N–H and O–H groups in total. The Labute approximate surface area is 318 Å². The molecular weight excluding hydrogens is 834 g/mol. The standard InChI is InChI=1S/6C4H8O2.3ClHO4.Fe/c6*1-3-6-4(2)5;3*2-1(3,4)5;/h6*3H2,1-2H3;3*(H,2,3,4,5);. The van der Waals surface area contributed by atoms with Crippen molar-refractivity contribution in [1.82, 2.24) is 0 Å². The number of esters is 6. The molecule has 0 aliphatic carbocycles. The Morgan fingerprint density at radius 1 is 0.346 bits per heavy atom. The summed E-state index contributed by atoms with van der Waals surface area (Å²) in [6.07, 6.45) is 0. The van der Waals surface area contributed by atoms with Crippen molar-refractivity contribution in [1.29, 1.82) is 0 Å². The number of ether oxygens (including phenoxy) is 6. The van der Waals surface area contributed by atoms with Gasteiger partial charge in [-0.05, 0) is 41.5 Å². The van der Waals surface area contributed by atoms with E-state index in [1.54, 1.807) is 41.5 Å². The van der Waals surface area contributed by atoms with Crippen molar-refractivity contribution in [3.8, 4) is 0 Å². The van der Waals surface area contributed by atoms with Gasteiger partial charge < -0.3 is 28.4 Å². The van der Waals surface area contributed by atoms with Gasteiger partial charge in [0.15, 0.2) is 0 Å². The Morgan fingerprint density at radius 3 is 0.404 bits per heavy atom. The minimum Gasteiger partial charge on any atom is -0.466 e. The molecule has 0 bridgehead atoms. The molecular formula is C24H51Cl3FeO24. The molecule has 0 saturated carbocycles. The smallest absolute Gasteiger partial charge is 0.302 e. The predicted octanol–water partition coefficient (Wildman–Crippen LogP) is -8.96. The molecule has 0 saturated heterocycles. The van der Waals surface area contributed by atoms with Crippen LogP contribution in [0.1, 0.15) is 83.1 Å². The molecule has 0 aliphatic heterocycles. The van der Waals surface area contributed by atoms with Gasteiger partial charge in [0.2, 0.25) is 0 Å². The molecule has 320 valence electrons. The largest absolute Gasteiger partial charge is 0.466 e. The molecule has 28 heteroatoms. The van der Waals surface area contributed by atoms with Crippen LogP contribution < -0.4 is 41.9 Å². The first-order valence-corrected chi connectivity index (χ1v) is 17.1. The Balaban J connectivity index is -0.0000000476. The van der Waals surface area contributed by atoms with Gasteiger partial charge in [0.25, 0.3) is 0 Å². The fourth-order valence-electron chi connectivity index (χ4n) is 1.22. The van der Waals surface area contributed by atoms with Crippen molar-refractivity contribution >= 4 is 35.8 Å². The van der Waals surface area contributed by atoms with Gasteiger partial charge in [0.1, 0.15) is 0 Å². The Morgan fingerprint density at radius 2 is 0.404 bits per heavy atom. The summed E-state index contributed by atoms with van der Waals surface area (Å²) in [5.41, 5.74) is 0. The third-order valence-corrected chi connectivity index (χ3v) is 2.09. The predicted molar refractivity (Wildman–Crippen MR) is 140 cm³/mol. The average Bonchev–Trinajstić information content (AvgIpc) is 2.82. The fraction of sp³-hybridized carbons (Fsp3) is 0.750. The van der Waals surface area contributed by atoms with Crippen LogP contribution in [0.3, 0.4) is 0 Å². The molecule has 0 spiro atoms. The van der Waals surface area contributed by atoms with Gasteiger partial charge in [0, 0.05) is 58.6 Å². The molecule has 24 nitrogen and oxygen atoms in total. The Kier molecular flexibility index (Phi) is 76.4. The molecule has 0 aromatic carbocycles. The van der Waals surface area contributed by atoms with E-state index in [-0.39, 0.29) is 52.9 Å². The van der Waals surface area contributed by atoms with Gasteiger partial charge in [0.05, 0.1) is 84.3 Å². The van der Waals surface area contributed by atoms with Crippen LogP contribution in [-0.2, 0) is 74.3 Å².